The van der Waals surface area contributed by atoms with Crippen LogP contribution >= 0.6 is 0 Å². The molecule has 0 amide bonds. The zero-order valence-corrected chi connectivity index (χ0v) is 19.3. The Kier molecular flexibility index (Phi) is 6.83. The van der Waals surface area contributed by atoms with Crippen molar-refractivity contribution in [3.8, 4) is 0 Å². The van der Waals surface area contributed by atoms with Crippen molar-refractivity contribution in [3.63, 3.8) is 0 Å². The lowest BCUT2D eigenvalue weighted by molar-refractivity contribution is 0.104. The molecule has 0 fully saturated rings. The molecule has 0 heterocycles. The smallest absolute Gasteiger partial charge is 0.505 e. The van der Waals surface area contributed by atoms with Gasteiger partial charge in [-0.1, -0.05) is 98.2 Å². The first-order chi connectivity index (χ1) is 12.9. The molecule has 2 rings (SSSR count). The highest BCUT2D eigenvalue weighted by atomic mass is 28.3. The van der Waals surface area contributed by atoms with Gasteiger partial charge in [0.25, 0.3) is 0 Å². The molecule has 0 atom stereocenters. The summed E-state index contributed by atoms with van der Waals surface area (Å²) in [6.07, 6.45) is 1.15. The summed E-state index contributed by atoms with van der Waals surface area (Å²) in [7, 11) is -5.96. The standard InChI is InChI=1S/C21H27BF2O2Si2/c1-27(2,3)18-11-7-16(8-12-18)20(25)15-21(26-22(23)24)17-9-13-19(14-10-17)28(4,5)6/h7-15H,1-6H3/b21-15-. The molecule has 0 aromatic heterocycles. The van der Waals surface area contributed by atoms with Gasteiger partial charge in [-0.2, -0.15) is 0 Å². The molecule has 148 valence electrons. The fourth-order valence-corrected chi connectivity index (χ4v) is 5.09. The molecule has 2 aromatic rings. The first-order valence-corrected chi connectivity index (χ1v) is 16.3. The number of carbonyl (C=O) groups excluding carboxylic acids is 1. The van der Waals surface area contributed by atoms with Gasteiger partial charge in [0.1, 0.15) is 5.76 Å². The lowest BCUT2D eigenvalue weighted by atomic mass is 10.1. The van der Waals surface area contributed by atoms with Crippen LogP contribution in [0.2, 0.25) is 39.3 Å². The van der Waals surface area contributed by atoms with Crippen LogP contribution in [0.1, 0.15) is 15.9 Å². The van der Waals surface area contributed by atoms with Crippen molar-refractivity contribution in [2.24, 2.45) is 0 Å². The molecule has 0 aliphatic heterocycles. The van der Waals surface area contributed by atoms with Crippen molar-refractivity contribution in [2.45, 2.75) is 39.3 Å². The molecule has 2 nitrogen and oxygen atoms in total. The average Bonchev–Trinajstić information content (AvgIpc) is 2.59. The molecular formula is C21H27BF2O2Si2. The molecule has 0 saturated carbocycles. The van der Waals surface area contributed by atoms with Crippen LogP contribution in [0.25, 0.3) is 5.76 Å². The molecule has 2 aromatic carbocycles. The van der Waals surface area contributed by atoms with E-state index < -0.39 is 23.6 Å². The van der Waals surface area contributed by atoms with Crippen LogP contribution in [0, 0.1) is 0 Å². The summed E-state index contributed by atoms with van der Waals surface area (Å²) in [5, 5.41) is 2.44. The Labute approximate surface area is 168 Å². The number of hydrogen-bond donors (Lipinski definition) is 0. The monoisotopic (exact) mass is 416 g/mol. The Balaban J connectivity index is 2.34. The van der Waals surface area contributed by atoms with E-state index in [1.54, 1.807) is 24.3 Å². The van der Waals surface area contributed by atoms with Crippen LogP contribution in [0.4, 0.5) is 8.63 Å². The van der Waals surface area contributed by atoms with Crippen molar-refractivity contribution >= 4 is 45.5 Å². The lowest BCUT2D eigenvalue weighted by Crippen LogP contribution is -2.37. The van der Waals surface area contributed by atoms with Gasteiger partial charge in [0.2, 0.25) is 0 Å². The van der Waals surface area contributed by atoms with E-state index in [-0.39, 0.29) is 11.5 Å². The van der Waals surface area contributed by atoms with E-state index in [9.17, 15) is 13.4 Å². The predicted octanol–water partition coefficient (Wildman–Crippen LogP) is 4.94. The molecule has 0 bridgehead atoms. The minimum Gasteiger partial charge on any atom is -0.505 e. The van der Waals surface area contributed by atoms with Crippen LogP contribution in [0.3, 0.4) is 0 Å². The number of ketones is 1. The van der Waals surface area contributed by atoms with E-state index in [2.05, 4.69) is 43.9 Å². The maximum Gasteiger partial charge on any atom is 0.796 e. The summed E-state index contributed by atoms with van der Waals surface area (Å²) >= 11 is 0. The highest BCUT2D eigenvalue weighted by Crippen LogP contribution is 2.19. The van der Waals surface area contributed by atoms with Crippen molar-refractivity contribution < 1.29 is 18.1 Å². The first-order valence-electron chi connectivity index (χ1n) is 9.30. The van der Waals surface area contributed by atoms with Gasteiger partial charge >= 0.3 is 7.47 Å². The van der Waals surface area contributed by atoms with E-state index in [4.69, 9.17) is 0 Å². The molecule has 0 aliphatic rings. The van der Waals surface area contributed by atoms with E-state index in [1.807, 2.05) is 24.3 Å². The summed E-state index contributed by atoms with van der Waals surface area (Å²) < 4.78 is 30.5. The number of halogens is 2. The second-order valence-electron chi connectivity index (χ2n) is 8.91. The van der Waals surface area contributed by atoms with Crippen LogP contribution in [-0.4, -0.2) is 29.4 Å². The second kappa shape index (κ2) is 8.57. The summed E-state index contributed by atoms with van der Waals surface area (Å²) in [5.41, 5.74) is 0.922. The van der Waals surface area contributed by atoms with Crippen molar-refractivity contribution in [1.82, 2.24) is 0 Å². The van der Waals surface area contributed by atoms with E-state index in [1.165, 1.54) is 10.4 Å². The molecule has 0 spiro atoms. The number of carbonyl (C=O) groups is 1. The quantitative estimate of drug-likeness (QED) is 0.277. The van der Waals surface area contributed by atoms with Gasteiger partial charge in [0.15, 0.2) is 5.78 Å². The zero-order valence-electron chi connectivity index (χ0n) is 17.3. The minimum absolute atomic E-state index is 0.114. The van der Waals surface area contributed by atoms with Gasteiger partial charge in [0, 0.05) is 17.2 Å². The predicted molar refractivity (Wildman–Crippen MR) is 120 cm³/mol. The molecule has 0 aliphatic carbocycles. The van der Waals surface area contributed by atoms with Crippen molar-refractivity contribution in [1.29, 1.82) is 0 Å². The normalized spacial score (nSPS) is 12.6. The number of rotatable bonds is 7. The molecule has 0 N–H and O–H groups in total. The van der Waals surface area contributed by atoms with Crippen LogP contribution < -0.4 is 10.4 Å². The zero-order chi connectivity index (χ0) is 21.1. The maximum absolute atomic E-state index is 12.9. The molecule has 28 heavy (non-hydrogen) atoms. The Bertz CT molecular complexity index is 850. The number of benzene rings is 2. The summed E-state index contributed by atoms with van der Waals surface area (Å²) in [5.74, 6) is -0.469. The Morgan fingerprint density at radius 2 is 1.18 bits per heavy atom. The lowest BCUT2D eigenvalue weighted by Gasteiger charge is -2.17. The summed E-state index contributed by atoms with van der Waals surface area (Å²) in [4.78, 5) is 12.6. The minimum atomic E-state index is -3.00. The number of hydrogen-bond acceptors (Lipinski definition) is 2. The van der Waals surface area contributed by atoms with Gasteiger partial charge in [-0.3, -0.25) is 4.79 Å². The average molecular weight is 416 g/mol. The highest BCUT2D eigenvalue weighted by Gasteiger charge is 2.23. The molecule has 7 heteroatoms. The third-order valence-electron chi connectivity index (χ3n) is 4.55. The largest absolute Gasteiger partial charge is 0.796 e. The molecule has 0 unspecified atom stereocenters. The van der Waals surface area contributed by atoms with Crippen LogP contribution in [0.15, 0.2) is 54.6 Å². The van der Waals surface area contributed by atoms with Crippen molar-refractivity contribution in [3.05, 3.63) is 65.7 Å². The van der Waals surface area contributed by atoms with Crippen LogP contribution in [0.5, 0.6) is 0 Å². The van der Waals surface area contributed by atoms with Gasteiger partial charge in [-0.05, 0) is 0 Å². The topological polar surface area (TPSA) is 26.3 Å². The molecule has 0 radical (unpaired) electrons. The highest BCUT2D eigenvalue weighted by molar-refractivity contribution is 6.89. The maximum atomic E-state index is 12.9. The summed E-state index contributed by atoms with van der Waals surface area (Å²) in [6.45, 7) is 13.3. The van der Waals surface area contributed by atoms with Crippen LogP contribution in [-0.2, 0) is 4.65 Å². The second-order valence-corrected chi connectivity index (χ2v) is 19.1. The number of allylic oxidation sites excluding steroid dienone is 1. The fraction of sp³-hybridized carbons (Fsp3) is 0.286. The Morgan fingerprint density at radius 3 is 1.54 bits per heavy atom. The Morgan fingerprint density at radius 1 is 0.786 bits per heavy atom. The van der Waals surface area contributed by atoms with Gasteiger partial charge in [-0.15, -0.1) is 0 Å². The fourth-order valence-electron chi connectivity index (χ4n) is 2.75. The summed E-state index contributed by atoms with van der Waals surface area (Å²) in [6, 6.07) is 14.7. The van der Waals surface area contributed by atoms with Gasteiger partial charge in [-0.25, -0.2) is 8.63 Å². The Hall–Kier alpha value is -1.99. The van der Waals surface area contributed by atoms with Crippen molar-refractivity contribution in [2.75, 3.05) is 0 Å². The van der Waals surface area contributed by atoms with E-state index in [0.717, 1.165) is 6.08 Å². The first kappa shape index (κ1) is 22.3. The molecular weight excluding hydrogens is 389 g/mol. The molecule has 0 saturated heterocycles. The SMILES string of the molecule is C[Si](C)(C)c1ccc(C(=O)/C=C(\OB(F)F)c2ccc([Si](C)(C)C)cc2)cc1. The van der Waals surface area contributed by atoms with Gasteiger partial charge < -0.3 is 4.65 Å². The third-order valence-corrected chi connectivity index (χ3v) is 8.68. The van der Waals surface area contributed by atoms with E-state index >= 15 is 0 Å². The van der Waals surface area contributed by atoms with E-state index in [0.29, 0.717) is 11.1 Å². The third kappa shape index (κ3) is 6.00. The van der Waals surface area contributed by atoms with Gasteiger partial charge in [0.05, 0.1) is 16.1 Å².